The van der Waals surface area contributed by atoms with Crippen molar-refractivity contribution >= 4 is 39.6 Å². The van der Waals surface area contributed by atoms with Crippen molar-refractivity contribution in [2.24, 2.45) is 0 Å². The number of rotatable bonds is 8. The smallest absolute Gasteiger partial charge is 0.164 e. The zero-order chi connectivity index (χ0) is 39.8. The van der Waals surface area contributed by atoms with Crippen molar-refractivity contribution in [1.29, 1.82) is 0 Å². The van der Waals surface area contributed by atoms with E-state index in [-0.39, 0.29) is 0 Å². The molecule has 1 aromatic heterocycles. The second-order valence-electron chi connectivity index (χ2n) is 14.8. The van der Waals surface area contributed by atoms with Crippen LogP contribution in [-0.4, -0.2) is 15.0 Å². The molecule has 0 amide bonds. The molecule has 0 spiro atoms. The van der Waals surface area contributed by atoms with Crippen molar-refractivity contribution < 1.29 is 0 Å². The minimum atomic E-state index is 0.656. The Morgan fingerprint density at radius 2 is 0.767 bits per heavy atom. The van der Waals surface area contributed by atoms with Gasteiger partial charge in [-0.3, -0.25) is 0 Å². The van der Waals surface area contributed by atoms with E-state index in [1.165, 1.54) is 43.0 Å². The second kappa shape index (κ2) is 15.3. The monoisotopic (exact) mass is 784 g/mol. The van der Waals surface area contributed by atoms with E-state index in [0.717, 1.165) is 44.7 Å². The van der Waals surface area contributed by atoms with Crippen molar-refractivity contribution in [2.75, 3.05) is 4.90 Å². The molecular weight excluding hydrogens is 749 g/mol. The lowest BCUT2D eigenvalue weighted by Crippen LogP contribution is -2.09. The Labute approximate surface area is 353 Å². The molecule has 0 aliphatic carbocycles. The molecule has 0 bridgehead atoms. The van der Waals surface area contributed by atoms with Crippen LogP contribution in [-0.2, 0) is 0 Å². The van der Waals surface area contributed by atoms with Gasteiger partial charge < -0.3 is 4.90 Å². The molecule has 0 atom stereocenters. The van der Waals surface area contributed by atoms with Crippen LogP contribution in [0.2, 0.25) is 0 Å². The van der Waals surface area contributed by atoms with E-state index >= 15 is 0 Å². The number of fused-ring (bicyclic) bond motifs is 2. The van der Waals surface area contributed by atoms with Crippen molar-refractivity contribution in [3.05, 3.63) is 218 Å². The van der Waals surface area contributed by atoms with Gasteiger partial charge in [0.1, 0.15) is 0 Å². The quantitative estimate of drug-likeness (QED) is 0.153. The Balaban J connectivity index is 0.962. The number of hydrogen-bond acceptors (Lipinski definition) is 5. The van der Waals surface area contributed by atoms with Crippen LogP contribution >= 0.6 is 11.8 Å². The fourth-order valence-electron chi connectivity index (χ4n) is 8.20. The van der Waals surface area contributed by atoms with Crippen LogP contribution < -0.4 is 4.90 Å². The first-order valence-corrected chi connectivity index (χ1v) is 20.9. The summed E-state index contributed by atoms with van der Waals surface area (Å²) in [4.78, 5) is 19.9. The largest absolute Gasteiger partial charge is 0.311 e. The summed E-state index contributed by atoms with van der Waals surface area (Å²) in [6.45, 7) is 0. The minimum Gasteiger partial charge on any atom is -0.311 e. The third kappa shape index (κ3) is 6.61. The third-order valence-corrected chi connectivity index (χ3v) is 12.3. The minimum absolute atomic E-state index is 0.656. The van der Waals surface area contributed by atoms with E-state index < -0.39 is 0 Å². The van der Waals surface area contributed by atoms with Crippen LogP contribution in [0, 0.1) is 0 Å². The molecule has 0 radical (unpaired) electrons. The lowest BCUT2D eigenvalue weighted by atomic mass is 9.92. The summed E-state index contributed by atoms with van der Waals surface area (Å²) in [6, 6.07) is 77.0. The standard InChI is InChI=1S/C55H36N4S/c1-5-14-37(15-6-1)38-24-29-44(30-25-38)59(43-20-11-4-12-21-43)45-31-26-39(27-32-45)42-28-34-50-49(36-42)47-23-13-22-46-48(33-35-51(60-50)52(46)47)55-57-53(40-16-7-2-8-17-40)56-54(58-55)41-18-9-3-10-19-41/h1-36H. The van der Waals surface area contributed by atoms with Crippen molar-refractivity contribution in [3.63, 3.8) is 0 Å². The highest BCUT2D eigenvalue weighted by molar-refractivity contribution is 7.99. The molecule has 4 nitrogen and oxygen atoms in total. The summed E-state index contributed by atoms with van der Waals surface area (Å²) in [5.41, 5.74) is 13.4. The van der Waals surface area contributed by atoms with Gasteiger partial charge in [-0.1, -0.05) is 169 Å². The second-order valence-corrected chi connectivity index (χ2v) is 15.9. The number of benzene rings is 9. The molecule has 0 N–H and O–H groups in total. The van der Waals surface area contributed by atoms with Gasteiger partial charge in [-0.2, -0.15) is 0 Å². The van der Waals surface area contributed by atoms with E-state index in [0.29, 0.717) is 17.5 Å². The SMILES string of the molecule is c1ccc(-c2ccc(N(c3ccccc3)c3ccc(-c4ccc5c(c4)-c4cccc6c(-c7nc(-c8ccccc8)nc(-c8ccccc8)n7)ccc(c46)S5)cc3)cc2)cc1. The molecule has 0 saturated carbocycles. The zero-order valence-corrected chi connectivity index (χ0v) is 33.3. The summed E-state index contributed by atoms with van der Waals surface area (Å²) >= 11 is 1.82. The first kappa shape index (κ1) is 35.6. The maximum atomic E-state index is 5.09. The first-order chi connectivity index (χ1) is 29.7. The normalized spacial score (nSPS) is 11.6. The summed E-state index contributed by atoms with van der Waals surface area (Å²) < 4.78 is 0. The first-order valence-electron chi connectivity index (χ1n) is 20.1. The Hall–Kier alpha value is -7.60. The molecule has 11 rings (SSSR count). The van der Waals surface area contributed by atoms with E-state index in [1.54, 1.807) is 0 Å². The van der Waals surface area contributed by atoms with Gasteiger partial charge >= 0.3 is 0 Å². The number of hydrogen-bond donors (Lipinski definition) is 0. The van der Waals surface area contributed by atoms with Crippen LogP contribution in [0.5, 0.6) is 0 Å². The maximum absolute atomic E-state index is 5.09. The highest BCUT2D eigenvalue weighted by Crippen LogP contribution is 2.50. The van der Waals surface area contributed by atoms with E-state index in [1.807, 2.05) is 72.4 Å². The molecule has 9 aromatic carbocycles. The summed E-state index contributed by atoms with van der Waals surface area (Å²) in [5, 5.41) is 2.35. The van der Waals surface area contributed by atoms with Crippen molar-refractivity contribution in [2.45, 2.75) is 9.79 Å². The molecule has 5 heteroatoms. The third-order valence-electron chi connectivity index (χ3n) is 11.1. The molecule has 0 fully saturated rings. The molecule has 2 heterocycles. The highest BCUT2D eigenvalue weighted by atomic mass is 32.2. The molecule has 1 aliphatic rings. The van der Waals surface area contributed by atoms with Crippen molar-refractivity contribution in [3.8, 4) is 67.5 Å². The van der Waals surface area contributed by atoms with Gasteiger partial charge in [0.2, 0.25) is 0 Å². The molecule has 60 heavy (non-hydrogen) atoms. The number of aromatic nitrogens is 3. The fourth-order valence-corrected chi connectivity index (χ4v) is 9.31. The Morgan fingerprint density at radius 3 is 1.37 bits per heavy atom. The van der Waals surface area contributed by atoms with Gasteiger partial charge in [0.05, 0.1) is 0 Å². The zero-order valence-electron chi connectivity index (χ0n) is 32.5. The number of para-hydroxylation sites is 1. The molecular formula is C55H36N4S. The lowest BCUT2D eigenvalue weighted by molar-refractivity contribution is 1.08. The summed E-state index contributed by atoms with van der Waals surface area (Å²) in [7, 11) is 0. The van der Waals surface area contributed by atoms with E-state index in [2.05, 4.69) is 163 Å². The maximum Gasteiger partial charge on any atom is 0.164 e. The lowest BCUT2D eigenvalue weighted by Gasteiger charge is -2.26. The topological polar surface area (TPSA) is 41.9 Å². The van der Waals surface area contributed by atoms with Gasteiger partial charge in [0, 0.05) is 48.9 Å². The highest BCUT2D eigenvalue weighted by Gasteiger charge is 2.23. The average Bonchev–Trinajstić information content (AvgIpc) is 3.33. The molecule has 0 unspecified atom stereocenters. The van der Waals surface area contributed by atoms with Crippen LogP contribution in [0.3, 0.4) is 0 Å². The van der Waals surface area contributed by atoms with Gasteiger partial charge in [0.15, 0.2) is 17.5 Å². The predicted octanol–water partition coefficient (Wildman–Crippen LogP) is 15.0. The van der Waals surface area contributed by atoms with Crippen molar-refractivity contribution in [1.82, 2.24) is 15.0 Å². The molecule has 282 valence electrons. The Kier molecular flexibility index (Phi) is 9.06. The van der Waals surface area contributed by atoms with Crippen LogP contribution in [0.4, 0.5) is 17.1 Å². The fraction of sp³-hybridized carbons (Fsp3) is 0. The molecule has 1 aliphatic heterocycles. The molecule has 10 aromatic rings. The predicted molar refractivity (Wildman–Crippen MR) is 249 cm³/mol. The Morgan fingerprint density at radius 1 is 0.300 bits per heavy atom. The number of anilines is 3. The van der Waals surface area contributed by atoms with Gasteiger partial charge in [-0.15, -0.1) is 0 Å². The molecule has 0 saturated heterocycles. The van der Waals surface area contributed by atoms with Crippen LogP contribution in [0.1, 0.15) is 0 Å². The number of nitrogens with zero attached hydrogens (tertiary/aromatic N) is 4. The summed E-state index contributed by atoms with van der Waals surface area (Å²) in [6.07, 6.45) is 0. The Bertz CT molecular complexity index is 3080. The van der Waals surface area contributed by atoms with E-state index in [9.17, 15) is 0 Å². The summed E-state index contributed by atoms with van der Waals surface area (Å²) in [5.74, 6) is 1.97. The van der Waals surface area contributed by atoms with E-state index in [4.69, 9.17) is 15.0 Å². The van der Waals surface area contributed by atoms with Gasteiger partial charge in [-0.25, -0.2) is 15.0 Å². The van der Waals surface area contributed by atoms with Crippen LogP contribution in [0.15, 0.2) is 228 Å². The van der Waals surface area contributed by atoms with Gasteiger partial charge in [0.25, 0.3) is 0 Å². The average molecular weight is 785 g/mol. The van der Waals surface area contributed by atoms with Crippen LogP contribution in [0.25, 0.3) is 78.3 Å². The van der Waals surface area contributed by atoms with Gasteiger partial charge in [-0.05, 0) is 99.4 Å².